The van der Waals surface area contributed by atoms with Crippen molar-refractivity contribution in [2.45, 2.75) is 58.2 Å². The summed E-state index contributed by atoms with van der Waals surface area (Å²) in [7, 11) is 1.28. The third-order valence-corrected chi connectivity index (χ3v) is 4.65. The smallest absolute Gasteiger partial charge is 0.408 e. The van der Waals surface area contributed by atoms with Crippen molar-refractivity contribution in [1.82, 2.24) is 25.1 Å². The Morgan fingerprint density at radius 1 is 1.22 bits per heavy atom. The van der Waals surface area contributed by atoms with Crippen LogP contribution in [0.15, 0.2) is 42.9 Å². The summed E-state index contributed by atoms with van der Waals surface area (Å²) in [4.78, 5) is 33.1. The van der Waals surface area contributed by atoms with Crippen LogP contribution >= 0.6 is 0 Å². The normalized spacial score (nSPS) is 12.4. The highest BCUT2D eigenvalue weighted by molar-refractivity contribution is 5.81. The highest BCUT2D eigenvalue weighted by Crippen LogP contribution is 2.12. The van der Waals surface area contributed by atoms with Crippen LogP contribution in [0.5, 0.6) is 0 Å². The van der Waals surface area contributed by atoms with Gasteiger partial charge in [0.1, 0.15) is 11.6 Å². The van der Waals surface area contributed by atoms with E-state index in [2.05, 4.69) is 20.4 Å². The van der Waals surface area contributed by atoms with Crippen LogP contribution in [-0.2, 0) is 33.7 Å². The van der Waals surface area contributed by atoms with E-state index in [-0.39, 0.29) is 6.42 Å². The second-order valence-electron chi connectivity index (χ2n) is 8.49. The maximum atomic E-state index is 12.1. The molecular formula is C23H29N5O4. The van der Waals surface area contributed by atoms with E-state index in [0.717, 1.165) is 35.1 Å². The molecule has 3 aromatic rings. The van der Waals surface area contributed by atoms with E-state index < -0.39 is 23.7 Å². The monoisotopic (exact) mass is 439 g/mol. The summed E-state index contributed by atoms with van der Waals surface area (Å²) in [6.07, 6.45) is 6.52. The Morgan fingerprint density at radius 2 is 2.03 bits per heavy atom. The van der Waals surface area contributed by atoms with Crippen LogP contribution in [0.4, 0.5) is 4.79 Å². The zero-order chi connectivity index (χ0) is 23.1. The van der Waals surface area contributed by atoms with Gasteiger partial charge in [0.25, 0.3) is 0 Å². The number of ether oxygens (including phenoxy) is 2. The fourth-order valence-electron chi connectivity index (χ4n) is 3.21. The number of methoxy groups -OCH3 is 1. The predicted octanol–water partition coefficient (Wildman–Crippen LogP) is 3.07. The zero-order valence-electron chi connectivity index (χ0n) is 18.9. The molecule has 1 atom stereocenters. The number of aromatic nitrogens is 4. The van der Waals surface area contributed by atoms with Crippen LogP contribution < -0.4 is 5.32 Å². The molecule has 32 heavy (non-hydrogen) atoms. The van der Waals surface area contributed by atoms with Crippen LogP contribution in [0.3, 0.4) is 0 Å². The summed E-state index contributed by atoms with van der Waals surface area (Å²) in [6.45, 7) is 5.97. The molecule has 0 aliphatic rings. The number of hydrogen-bond acceptors (Lipinski definition) is 7. The first-order valence-electron chi connectivity index (χ1n) is 10.5. The third kappa shape index (κ3) is 6.76. The van der Waals surface area contributed by atoms with Gasteiger partial charge in [0.15, 0.2) is 5.65 Å². The number of aryl methyl sites for hydroxylation is 2. The second kappa shape index (κ2) is 10.2. The molecule has 0 saturated heterocycles. The first-order chi connectivity index (χ1) is 15.2. The molecule has 0 fully saturated rings. The maximum Gasteiger partial charge on any atom is 0.408 e. The molecule has 1 N–H and O–H groups in total. The van der Waals surface area contributed by atoms with Gasteiger partial charge in [0.2, 0.25) is 0 Å². The Balaban J connectivity index is 1.54. The van der Waals surface area contributed by atoms with Crippen LogP contribution in [-0.4, -0.2) is 50.6 Å². The van der Waals surface area contributed by atoms with Crippen molar-refractivity contribution in [2.24, 2.45) is 0 Å². The summed E-state index contributed by atoms with van der Waals surface area (Å²) in [5.41, 5.74) is 1.88. The van der Waals surface area contributed by atoms with Gasteiger partial charge < -0.3 is 14.8 Å². The van der Waals surface area contributed by atoms with E-state index in [1.165, 1.54) is 7.11 Å². The quantitative estimate of drug-likeness (QED) is 0.537. The molecule has 3 aromatic heterocycles. The standard InChI is InChI=1S/C23H29N5O4/c1-23(2,3)32-22(30)27-19(21(29)31-4)13-16-14-25-28(15-16)12-6-8-18-10-9-17-7-5-11-24-20(17)26-18/h5,7,9-11,14-15,19H,6,8,12-13H2,1-4H3,(H,27,30). The Bertz CT molecular complexity index is 1070. The molecule has 0 radical (unpaired) electrons. The van der Waals surface area contributed by atoms with Crippen LogP contribution in [0, 0.1) is 0 Å². The Hall–Kier alpha value is -3.49. The third-order valence-electron chi connectivity index (χ3n) is 4.65. The van der Waals surface area contributed by atoms with Gasteiger partial charge in [-0.3, -0.25) is 4.68 Å². The van der Waals surface area contributed by atoms with Crippen molar-refractivity contribution < 1.29 is 19.1 Å². The Labute approximate surface area is 187 Å². The van der Waals surface area contributed by atoms with E-state index in [0.29, 0.717) is 6.54 Å². The number of amides is 1. The average Bonchev–Trinajstić information content (AvgIpc) is 3.18. The molecule has 0 aliphatic heterocycles. The Kier molecular flexibility index (Phi) is 7.40. The number of hydrogen-bond donors (Lipinski definition) is 1. The van der Waals surface area contributed by atoms with E-state index in [1.807, 2.05) is 35.1 Å². The summed E-state index contributed by atoms with van der Waals surface area (Å²) in [5, 5.41) is 7.96. The highest BCUT2D eigenvalue weighted by Gasteiger charge is 2.25. The van der Waals surface area contributed by atoms with E-state index in [9.17, 15) is 9.59 Å². The molecule has 0 aromatic carbocycles. The van der Waals surface area contributed by atoms with E-state index in [4.69, 9.17) is 9.47 Å². The molecule has 9 heteroatoms. The Morgan fingerprint density at radius 3 is 2.78 bits per heavy atom. The fraction of sp³-hybridized carbons (Fsp3) is 0.435. The molecule has 9 nitrogen and oxygen atoms in total. The number of esters is 1. The fourth-order valence-corrected chi connectivity index (χ4v) is 3.21. The highest BCUT2D eigenvalue weighted by atomic mass is 16.6. The van der Waals surface area contributed by atoms with Crippen LogP contribution in [0.1, 0.15) is 38.4 Å². The summed E-state index contributed by atoms with van der Waals surface area (Å²) in [5.74, 6) is -0.542. The van der Waals surface area contributed by atoms with Gasteiger partial charge >= 0.3 is 12.1 Å². The minimum Gasteiger partial charge on any atom is -0.467 e. The van der Waals surface area contributed by atoms with Gasteiger partial charge in [-0.25, -0.2) is 19.6 Å². The molecule has 0 spiro atoms. The van der Waals surface area contributed by atoms with Crippen molar-refractivity contribution in [3.05, 3.63) is 54.1 Å². The first-order valence-corrected chi connectivity index (χ1v) is 10.5. The van der Waals surface area contributed by atoms with Crippen molar-refractivity contribution >= 4 is 23.1 Å². The van der Waals surface area contributed by atoms with E-state index >= 15 is 0 Å². The van der Waals surface area contributed by atoms with Crippen molar-refractivity contribution in [2.75, 3.05) is 7.11 Å². The summed E-state index contributed by atoms with van der Waals surface area (Å²) in [6, 6.07) is 7.07. The number of carbonyl (C=O) groups is 2. The number of fused-ring (bicyclic) bond motifs is 1. The van der Waals surface area contributed by atoms with E-state index in [1.54, 1.807) is 33.2 Å². The summed E-state index contributed by atoms with van der Waals surface area (Å²) >= 11 is 0. The molecule has 0 bridgehead atoms. The summed E-state index contributed by atoms with van der Waals surface area (Å²) < 4.78 is 11.9. The van der Waals surface area contributed by atoms with Gasteiger partial charge in [0.05, 0.1) is 13.3 Å². The lowest BCUT2D eigenvalue weighted by atomic mass is 10.1. The number of nitrogens with zero attached hydrogens (tertiary/aromatic N) is 4. The number of alkyl carbamates (subject to hydrolysis) is 1. The molecule has 3 heterocycles. The number of pyridine rings is 2. The average molecular weight is 440 g/mol. The lowest BCUT2D eigenvalue weighted by molar-refractivity contribution is -0.143. The van der Waals surface area contributed by atoms with Crippen molar-refractivity contribution in [3.63, 3.8) is 0 Å². The molecule has 3 rings (SSSR count). The van der Waals surface area contributed by atoms with Crippen molar-refractivity contribution in [1.29, 1.82) is 0 Å². The van der Waals surface area contributed by atoms with Crippen LogP contribution in [0.2, 0.25) is 0 Å². The van der Waals surface area contributed by atoms with Gasteiger partial charge in [-0.2, -0.15) is 5.10 Å². The molecule has 1 amide bonds. The molecule has 0 saturated carbocycles. The molecule has 170 valence electrons. The number of rotatable bonds is 8. The molecular weight excluding hydrogens is 410 g/mol. The van der Waals surface area contributed by atoms with Gasteiger partial charge in [-0.1, -0.05) is 0 Å². The van der Waals surface area contributed by atoms with Crippen LogP contribution in [0.25, 0.3) is 11.0 Å². The minimum atomic E-state index is -0.859. The SMILES string of the molecule is COC(=O)C(Cc1cnn(CCCc2ccc3cccnc3n2)c1)NC(=O)OC(C)(C)C. The number of nitrogens with one attached hydrogen (secondary N) is 1. The lowest BCUT2D eigenvalue weighted by Gasteiger charge is -2.22. The first kappa shape index (κ1) is 23.2. The van der Waals surface area contributed by atoms with Gasteiger partial charge in [-0.15, -0.1) is 0 Å². The zero-order valence-corrected chi connectivity index (χ0v) is 18.9. The van der Waals surface area contributed by atoms with Gasteiger partial charge in [-0.05, 0) is 63.4 Å². The van der Waals surface area contributed by atoms with Gasteiger partial charge in [0, 0.05) is 36.4 Å². The molecule has 0 aliphatic carbocycles. The topological polar surface area (TPSA) is 108 Å². The largest absolute Gasteiger partial charge is 0.467 e. The lowest BCUT2D eigenvalue weighted by Crippen LogP contribution is -2.45. The second-order valence-corrected chi connectivity index (χ2v) is 8.49. The number of carbonyl (C=O) groups excluding carboxylic acids is 2. The predicted molar refractivity (Wildman–Crippen MR) is 119 cm³/mol. The maximum absolute atomic E-state index is 12.1. The minimum absolute atomic E-state index is 0.254. The molecule has 1 unspecified atom stereocenters. The van der Waals surface area contributed by atoms with Crippen molar-refractivity contribution in [3.8, 4) is 0 Å².